The molecule has 1 atom stereocenters. The number of carbonyl (C=O) groups is 1. The molecular formula is C16H25N3O. The molecule has 1 aromatic rings. The molecular weight excluding hydrogens is 250 g/mol. The van der Waals surface area contributed by atoms with Gasteiger partial charge >= 0.3 is 6.03 Å². The van der Waals surface area contributed by atoms with Crippen LogP contribution in [-0.2, 0) is 0 Å². The van der Waals surface area contributed by atoms with Crippen LogP contribution in [0.4, 0.5) is 10.5 Å². The fourth-order valence-corrected chi connectivity index (χ4v) is 2.46. The molecule has 110 valence electrons. The van der Waals surface area contributed by atoms with E-state index in [-0.39, 0.29) is 6.03 Å². The van der Waals surface area contributed by atoms with E-state index >= 15 is 0 Å². The van der Waals surface area contributed by atoms with Gasteiger partial charge in [0, 0.05) is 24.3 Å². The molecule has 2 amide bonds. The van der Waals surface area contributed by atoms with E-state index in [4.69, 9.17) is 0 Å². The largest absolute Gasteiger partial charge is 0.322 e. The van der Waals surface area contributed by atoms with Crippen LogP contribution in [0, 0.1) is 0 Å². The minimum absolute atomic E-state index is 0.0169. The van der Waals surface area contributed by atoms with Crippen molar-refractivity contribution in [2.24, 2.45) is 0 Å². The van der Waals surface area contributed by atoms with E-state index in [0.717, 1.165) is 31.6 Å². The summed E-state index contributed by atoms with van der Waals surface area (Å²) in [4.78, 5) is 14.1. The van der Waals surface area contributed by atoms with Crippen molar-refractivity contribution < 1.29 is 4.79 Å². The van der Waals surface area contributed by atoms with Crippen LogP contribution >= 0.6 is 0 Å². The van der Waals surface area contributed by atoms with E-state index < -0.39 is 0 Å². The Hall–Kier alpha value is -1.55. The molecule has 0 bridgehead atoms. The van der Waals surface area contributed by atoms with Crippen molar-refractivity contribution in [1.82, 2.24) is 10.2 Å². The number of nitrogens with zero attached hydrogens (tertiary/aromatic N) is 1. The molecule has 1 unspecified atom stereocenters. The number of hydrogen-bond acceptors (Lipinski definition) is 2. The lowest BCUT2D eigenvalue weighted by atomic mass is 10.1. The first-order valence-corrected chi connectivity index (χ1v) is 7.56. The van der Waals surface area contributed by atoms with Crippen molar-refractivity contribution >= 4 is 11.7 Å². The normalized spacial score (nSPS) is 15.8. The third kappa shape index (κ3) is 3.73. The zero-order valence-corrected chi connectivity index (χ0v) is 12.6. The number of benzene rings is 1. The lowest BCUT2D eigenvalue weighted by Gasteiger charge is -2.21. The standard InChI is InChI=1S/C16H25N3O/c1-4-17-12(3)13-7-6-8-14(11-13)18-16(20)19(5-2)15-9-10-15/h6-8,11-12,15,17H,4-5,9-10H2,1-3H3,(H,18,20). The molecule has 0 heterocycles. The highest BCUT2D eigenvalue weighted by Gasteiger charge is 2.31. The van der Waals surface area contributed by atoms with Crippen LogP contribution in [-0.4, -0.2) is 30.1 Å². The van der Waals surface area contributed by atoms with Gasteiger partial charge in [0.15, 0.2) is 0 Å². The van der Waals surface area contributed by atoms with Crippen molar-refractivity contribution in [3.63, 3.8) is 0 Å². The van der Waals surface area contributed by atoms with E-state index in [9.17, 15) is 4.79 Å². The molecule has 2 N–H and O–H groups in total. The SMILES string of the molecule is CCNC(C)c1cccc(NC(=O)N(CC)C2CC2)c1. The molecule has 0 spiro atoms. The third-order valence-electron chi connectivity index (χ3n) is 3.74. The highest BCUT2D eigenvalue weighted by atomic mass is 16.2. The summed E-state index contributed by atoms with van der Waals surface area (Å²) in [6.45, 7) is 7.96. The molecule has 20 heavy (non-hydrogen) atoms. The Balaban J connectivity index is 2.01. The van der Waals surface area contributed by atoms with Gasteiger partial charge in [-0.3, -0.25) is 0 Å². The lowest BCUT2D eigenvalue weighted by Crippen LogP contribution is -2.36. The summed E-state index contributed by atoms with van der Waals surface area (Å²) in [6, 6.07) is 8.83. The summed E-state index contributed by atoms with van der Waals surface area (Å²) < 4.78 is 0. The average molecular weight is 275 g/mol. The Morgan fingerprint density at radius 2 is 2.15 bits per heavy atom. The van der Waals surface area contributed by atoms with Gasteiger partial charge in [-0.05, 0) is 50.9 Å². The van der Waals surface area contributed by atoms with Crippen molar-refractivity contribution in [2.75, 3.05) is 18.4 Å². The molecule has 0 saturated heterocycles. The van der Waals surface area contributed by atoms with E-state index in [0.29, 0.717) is 12.1 Å². The van der Waals surface area contributed by atoms with Crippen LogP contribution in [0.3, 0.4) is 0 Å². The lowest BCUT2D eigenvalue weighted by molar-refractivity contribution is 0.212. The van der Waals surface area contributed by atoms with Crippen LogP contribution in [0.5, 0.6) is 0 Å². The summed E-state index contributed by atoms with van der Waals surface area (Å²) in [6.07, 6.45) is 2.28. The summed E-state index contributed by atoms with van der Waals surface area (Å²) in [5, 5.41) is 6.39. The Morgan fingerprint density at radius 3 is 2.75 bits per heavy atom. The van der Waals surface area contributed by atoms with Crippen molar-refractivity contribution in [3.05, 3.63) is 29.8 Å². The smallest absolute Gasteiger partial charge is 0.322 e. The first-order chi connectivity index (χ1) is 9.65. The maximum Gasteiger partial charge on any atom is 0.322 e. The predicted molar refractivity (Wildman–Crippen MR) is 83.0 cm³/mol. The average Bonchev–Trinajstić information content (AvgIpc) is 3.25. The van der Waals surface area contributed by atoms with Gasteiger partial charge in [-0.25, -0.2) is 4.79 Å². The summed E-state index contributed by atoms with van der Waals surface area (Å²) >= 11 is 0. The van der Waals surface area contributed by atoms with E-state index in [1.54, 1.807) is 0 Å². The third-order valence-corrected chi connectivity index (χ3v) is 3.74. The number of hydrogen-bond donors (Lipinski definition) is 2. The predicted octanol–water partition coefficient (Wildman–Crippen LogP) is 3.37. The fraction of sp³-hybridized carbons (Fsp3) is 0.562. The van der Waals surface area contributed by atoms with Gasteiger partial charge in [0.05, 0.1) is 0 Å². The second-order valence-electron chi connectivity index (χ2n) is 5.35. The van der Waals surface area contributed by atoms with Gasteiger partial charge in [-0.15, -0.1) is 0 Å². The molecule has 0 radical (unpaired) electrons. The van der Waals surface area contributed by atoms with Crippen molar-refractivity contribution in [3.8, 4) is 0 Å². The number of carbonyl (C=O) groups excluding carboxylic acids is 1. The molecule has 4 heteroatoms. The molecule has 1 aliphatic carbocycles. The van der Waals surface area contributed by atoms with Gasteiger partial charge < -0.3 is 15.5 Å². The number of amides is 2. The fourth-order valence-electron chi connectivity index (χ4n) is 2.46. The van der Waals surface area contributed by atoms with E-state index in [2.05, 4.69) is 30.5 Å². The van der Waals surface area contributed by atoms with Gasteiger partial charge in [0.25, 0.3) is 0 Å². The van der Waals surface area contributed by atoms with Gasteiger partial charge in [-0.2, -0.15) is 0 Å². The van der Waals surface area contributed by atoms with Gasteiger partial charge in [0.1, 0.15) is 0 Å². The number of rotatable bonds is 6. The highest BCUT2D eigenvalue weighted by Crippen LogP contribution is 2.27. The van der Waals surface area contributed by atoms with Crippen LogP contribution in [0.2, 0.25) is 0 Å². The first-order valence-electron chi connectivity index (χ1n) is 7.56. The quantitative estimate of drug-likeness (QED) is 0.836. The Morgan fingerprint density at radius 1 is 1.40 bits per heavy atom. The zero-order valence-electron chi connectivity index (χ0n) is 12.6. The summed E-state index contributed by atoms with van der Waals surface area (Å²) in [5.74, 6) is 0. The molecule has 1 saturated carbocycles. The Labute approximate surface area is 121 Å². The topological polar surface area (TPSA) is 44.4 Å². The molecule has 1 aliphatic rings. The molecule has 0 aromatic heterocycles. The van der Waals surface area contributed by atoms with Crippen LogP contribution < -0.4 is 10.6 Å². The number of nitrogens with one attached hydrogen (secondary N) is 2. The monoisotopic (exact) mass is 275 g/mol. The molecule has 4 nitrogen and oxygen atoms in total. The van der Waals surface area contributed by atoms with Crippen molar-refractivity contribution in [1.29, 1.82) is 0 Å². The minimum atomic E-state index is 0.0169. The summed E-state index contributed by atoms with van der Waals surface area (Å²) in [5.41, 5.74) is 2.07. The highest BCUT2D eigenvalue weighted by molar-refractivity contribution is 5.89. The number of anilines is 1. The van der Waals surface area contributed by atoms with Crippen LogP contribution in [0.25, 0.3) is 0 Å². The first kappa shape index (κ1) is 14.9. The second kappa shape index (κ2) is 6.75. The van der Waals surface area contributed by atoms with Crippen LogP contribution in [0.15, 0.2) is 24.3 Å². The van der Waals surface area contributed by atoms with Gasteiger partial charge in [0.2, 0.25) is 0 Å². The molecule has 2 rings (SSSR count). The van der Waals surface area contributed by atoms with Crippen LogP contribution in [0.1, 0.15) is 45.2 Å². The maximum atomic E-state index is 12.2. The van der Waals surface area contributed by atoms with E-state index in [1.807, 2.05) is 30.0 Å². The molecule has 1 aromatic carbocycles. The van der Waals surface area contributed by atoms with E-state index in [1.165, 1.54) is 5.56 Å². The van der Waals surface area contributed by atoms with Gasteiger partial charge in [-0.1, -0.05) is 19.1 Å². The number of urea groups is 1. The second-order valence-corrected chi connectivity index (χ2v) is 5.35. The van der Waals surface area contributed by atoms with Crippen molar-refractivity contribution in [2.45, 2.75) is 45.7 Å². The zero-order chi connectivity index (χ0) is 14.5. The maximum absolute atomic E-state index is 12.2. The Kier molecular flexibility index (Phi) is 5.01. The Bertz CT molecular complexity index is 457. The minimum Gasteiger partial charge on any atom is -0.322 e. The molecule has 1 fully saturated rings. The summed E-state index contributed by atoms with van der Waals surface area (Å²) in [7, 11) is 0. The molecule has 0 aliphatic heterocycles.